The topological polar surface area (TPSA) is 122 Å². The van der Waals surface area contributed by atoms with Crippen LogP contribution in [0.15, 0.2) is 132 Å². The van der Waals surface area contributed by atoms with Crippen LogP contribution < -0.4 is 9.64 Å². The molecule has 0 radical (unpaired) electrons. The smallest absolute Gasteiger partial charge is 0.416 e. The summed E-state index contributed by atoms with van der Waals surface area (Å²) in [6.07, 6.45) is -3.64. The summed E-state index contributed by atoms with van der Waals surface area (Å²) < 4.78 is 59.3. The van der Waals surface area contributed by atoms with Crippen LogP contribution in [-0.2, 0) is 22.3 Å². The largest absolute Gasteiger partial charge is 0.493 e. The Labute approximate surface area is 344 Å². The Hall–Kier alpha value is -6.73. The number of alkyl halides is 3. The van der Waals surface area contributed by atoms with Crippen LogP contribution in [0.2, 0.25) is 0 Å². The molecule has 60 heavy (non-hydrogen) atoms. The number of hydrogen-bond acceptors (Lipinski definition) is 8. The van der Waals surface area contributed by atoms with Crippen molar-refractivity contribution >= 4 is 34.4 Å². The van der Waals surface area contributed by atoms with Gasteiger partial charge in [-0.15, -0.1) is 6.58 Å². The van der Waals surface area contributed by atoms with Crippen molar-refractivity contribution in [1.29, 1.82) is 0 Å². The van der Waals surface area contributed by atoms with E-state index in [1.54, 1.807) is 72.8 Å². The predicted octanol–water partition coefficient (Wildman–Crippen LogP) is 9.50. The third kappa shape index (κ3) is 8.81. The number of hydrogen-bond donors (Lipinski definition) is 1. The maximum Gasteiger partial charge on any atom is 0.416 e. The van der Waals surface area contributed by atoms with Crippen molar-refractivity contribution in [3.05, 3.63) is 162 Å². The molecule has 2 aromatic heterocycles. The lowest BCUT2D eigenvalue weighted by Crippen LogP contribution is -2.52. The summed E-state index contributed by atoms with van der Waals surface area (Å²) >= 11 is 0. The first-order chi connectivity index (χ1) is 28.9. The number of esters is 1. The van der Waals surface area contributed by atoms with E-state index in [9.17, 15) is 23.1 Å². The van der Waals surface area contributed by atoms with E-state index >= 15 is 9.59 Å². The number of ether oxygens (including phenoxy) is 2. The van der Waals surface area contributed by atoms with Crippen molar-refractivity contribution in [3.8, 4) is 17.1 Å². The molecule has 13 heteroatoms. The van der Waals surface area contributed by atoms with Gasteiger partial charge in [-0.25, -0.2) is 4.98 Å². The molecule has 0 bridgehead atoms. The fraction of sp³-hybridized carbons (Fsp3) is 0.234. The highest BCUT2D eigenvalue weighted by Gasteiger charge is 2.51. The third-order valence-corrected chi connectivity index (χ3v) is 10.3. The van der Waals surface area contributed by atoms with Gasteiger partial charge in [-0.2, -0.15) is 13.2 Å². The summed E-state index contributed by atoms with van der Waals surface area (Å²) in [4.78, 5) is 50.7. The second-order valence-corrected chi connectivity index (χ2v) is 14.5. The zero-order valence-corrected chi connectivity index (χ0v) is 32.9. The van der Waals surface area contributed by atoms with E-state index in [0.717, 1.165) is 23.1 Å². The number of para-hydroxylation sites is 1. The molecule has 3 atom stereocenters. The van der Waals surface area contributed by atoms with Gasteiger partial charge in [0.25, 0.3) is 11.8 Å². The lowest BCUT2D eigenvalue weighted by atomic mass is 9.94. The van der Waals surface area contributed by atoms with E-state index < -0.39 is 47.7 Å². The number of carbonyl (C=O) groups is 3. The Kier molecular flexibility index (Phi) is 12.2. The normalized spacial score (nSPS) is 15.3. The standard InChI is InChI=1S/C47H42F3N3O7/c1-4-9-42(59-30(3)55)44-43(37-27-35(58-25-8-24-54)19-22-40(37)53(44)46(57)39-21-18-31-10-5-6-13-38(31)51-39)52(45(56)32-16-14-29(2)15-17-32)28-36-20-23-41(60-36)33-11-7-12-34(26-33)47(48,49)50/h4-7,10-23,26-27,42-44,54H,1,8-9,24-25,28H2,2-3H3/t42?,43-,44+/m0/s1. The number of halogens is 3. The van der Waals surface area contributed by atoms with Crippen molar-refractivity contribution in [3.63, 3.8) is 0 Å². The van der Waals surface area contributed by atoms with Crippen LogP contribution in [0, 0.1) is 6.92 Å². The van der Waals surface area contributed by atoms with Crippen LogP contribution in [0.3, 0.4) is 0 Å². The number of anilines is 1. The molecule has 0 fully saturated rings. The van der Waals surface area contributed by atoms with Crippen LogP contribution >= 0.6 is 0 Å². The molecule has 2 amide bonds. The summed E-state index contributed by atoms with van der Waals surface area (Å²) in [5.74, 6) is -0.869. The number of aromatic nitrogens is 1. The number of fused-ring (bicyclic) bond motifs is 2. The first kappa shape index (κ1) is 41.4. The highest BCUT2D eigenvalue weighted by Crippen LogP contribution is 2.48. The van der Waals surface area contributed by atoms with Gasteiger partial charge in [0.1, 0.15) is 29.1 Å². The molecule has 1 unspecified atom stereocenters. The highest BCUT2D eigenvalue weighted by atomic mass is 19.4. The Morgan fingerprint density at radius 1 is 0.967 bits per heavy atom. The molecule has 1 aliphatic heterocycles. The third-order valence-electron chi connectivity index (χ3n) is 10.3. The number of aryl methyl sites for hydroxylation is 1. The molecular weight excluding hydrogens is 776 g/mol. The first-order valence-corrected chi connectivity index (χ1v) is 19.4. The van der Waals surface area contributed by atoms with Crippen molar-refractivity contribution in [2.24, 2.45) is 0 Å². The van der Waals surface area contributed by atoms with Gasteiger partial charge in [0.2, 0.25) is 0 Å². The zero-order chi connectivity index (χ0) is 42.6. The minimum atomic E-state index is -4.58. The molecule has 1 aliphatic rings. The minimum Gasteiger partial charge on any atom is -0.493 e. The van der Waals surface area contributed by atoms with Gasteiger partial charge < -0.3 is 23.9 Å². The van der Waals surface area contributed by atoms with Gasteiger partial charge in [-0.05, 0) is 73.7 Å². The fourth-order valence-corrected chi connectivity index (χ4v) is 7.52. The van der Waals surface area contributed by atoms with Gasteiger partial charge in [0.15, 0.2) is 0 Å². The molecule has 0 saturated heterocycles. The van der Waals surface area contributed by atoms with Crippen LogP contribution in [0.25, 0.3) is 22.2 Å². The van der Waals surface area contributed by atoms with Crippen molar-refractivity contribution in [2.75, 3.05) is 18.1 Å². The van der Waals surface area contributed by atoms with Gasteiger partial charge in [0.05, 0.1) is 42.0 Å². The Balaban J connectivity index is 1.42. The lowest BCUT2D eigenvalue weighted by molar-refractivity contribution is -0.148. The number of amides is 2. The quantitative estimate of drug-likeness (QED) is 0.0656. The molecule has 308 valence electrons. The van der Waals surface area contributed by atoms with E-state index in [0.29, 0.717) is 34.5 Å². The Bertz CT molecular complexity index is 2530. The number of nitrogens with zero attached hydrogens (tertiary/aromatic N) is 3. The van der Waals surface area contributed by atoms with Crippen molar-refractivity contribution in [2.45, 2.75) is 57.6 Å². The van der Waals surface area contributed by atoms with Gasteiger partial charge in [0, 0.05) is 48.4 Å². The monoisotopic (exact) mass is 817 g/mol. The molecule has 0 spiro atoms. The van der Waals surface area contributed by atoms with E-state index in [1.165, 1.54) is 34.9 Å². The van der Waals surface area contributed by atoms with Crippen LogP contribution in [0.5, 0.6) is 5.75 Å². The number of aliphatic hydroxyl groups excluding tert-OH is 1. The molecule has 0 saturated carbocycles. The summed E-state index contributed by atoms with van der Waals surface area (Å²) in [6.45, 7) is 6.90. The van der Waals surface area contributed by atoms with E-state index in [4.69, 9.17) is 18.9 Å². The predicted molar refractivity (Wildman–Crippen MR) is 219 cm³/mol. The molecule has 3 heterocycles. The second kappa shape index (κ2) is 17.6. The molecule has 7 rings (SSSR count). The number of rotatable bonds is 14. The van der Waals surface area contributed by atoms with Crippen LogP contribution in [-0.4, -0.2) is 58.1 Å². The van der Waals surface area contributed by atoms with Crippen LogP contribution in [0.4, 0.5) is 18.9 Å². The molecule has 0 aliphatic carbocycles. The first-order valence-electron chi connectivity index (χ1n) is 19.4. The van der Waals surface area contributed by atoms with E-state index in [2.05, 4.69) is 6.58 Å². The molecule has 10 nitrogen and oxygen atoms in total. The average Bonchev–Trinajstić information content (AvgIpc) is 3.84. The minimum absolute atomic E-state index is 0.0799. The van der Waals surface area contributed by atoms with E-state index in [-0.39, 0.29) is 49.0 Å². The highest BCUT2D eigenvalue weighted by molar-refractivity contribution is 6.08. The molecule has 1 N–H and O–H groups in total. The van der Waals surface area contributed by atoms with Gasteiger partial charge in [-0.1, -0.05) is 60.2 Å². The van der Waals surface area contributed by atoms with Crippen molar-refractivity contribution in [1.82, 2.24) is 9.88 Å². The fourth-order valence-electron chi connectivity index (χ4n) is 7.52. The summed E-state index contributed by atoms with van der Waals surface area (Å²) in [5.41, 5.74) is 2.09. The van der Waals surface area contributed by atoms with Gasteiger partial charge >= 0.3 is 12.1 Å². The number of carbonyl (C=O) groups excluding carboxylic acids is 3. The second-order valence-electron chi connectivity index (χ2n) is 14.5. The van der Waals surface area contributed by atoms with E-state index in [1.807, 2.05) is 25.1 Å². The molecule has 4 aromatic carbocycles. The Morgan fingerprint density at radius 3 is 2.48 bits per heavy atom. The summed E-state index contributed by atoms with van der Waals surface area (Å²) in [5, 5.41) is 10.3. The maximum absolute atomic E-state index is 15.1. The number of aliphatic hydroxyl groups is 1. The molecule has 6 aromatic rings. The SMILES string of the molecule is C=CCC(OC(C)=O)[C@@H]1[C@@H](N(Cc2ccc(-c3cccc(C(F)(F)F)c3)o2)C(=O)c2ccc(C)cc2)c2cc(OCCCO)ccc2N1C(=O)c1ccc2ccccc2n1. The number of pyridine rings is 1. The number of benzene rings is 4. The lowest BCUT2D eigenvalue weighted by Gasteiger charge is -2.39. The maximum atomic E-state index is 15.1. The van der Waals surface area contributed by atoms with Crippen molar-refractivity contribution < 1.29 is 46.6 Å². The summed E-state index contributed by atoms with van der Waals surface area (Å²) in [7, 11) is 0. The van der Waals surface area contributed by atoms with Gasteiger partial charge in [-0.3, -0.25) is 19.3 Å². The average molecular weight is 818 g/mol. The number of furan rings is 1. The molecular formula is C47H42F3N3O7. The Morgan fingerprint density at radius 2 is 1.75 bits per heavy atom. The summed E-state index contributed by atoms with van der Waals surface area (Å²) in [6, 6.07) is 28.5. The van der Waals surface area contributed by atoms with Crippen LogP contribution in [0.1, 0.15) is 69.1 Å². The zero-order valence-electron chi connectivity index (χ0n) is 32.9.